The molecule has 0 fully saturated rings. The van der Waals surface area contributed by atoms with Gasteiger partial charge < -0.3 is 10.6 Å². The second-order valence-electron chi connectivity index (χ2n) is 4.97. The largest absolute Gasteiger partial charge is 0.352 e. The van der Waals surface area contributed by atoms with Crippen molar-refractivity contribution in [1.29, 1.82) is 0 Å². The maximum Gasteiger partial charge on any atom is 0.252 e. The minimum absolute atomic E-state index is 0.0877. The van der Waals surface area contributed by atoms with E-state index in [2.05, 4.69) is 15.6 Å². The molecular formula is C16H19N3O2S. The molecule has 2 rings (SSSR count). The van der Waals surface area contributed by atoms with Crippen molar-refractivity contribution < 1.29 is 9.59 Å². The highest BCUT2D eigenvalue weighted by atomic mass is 32.1. The Morgan fingerprint density at radius 3 is 2.55 bits per heavy atom. The third kappa shape index (κ3) is 4.66. The first-order valence-electron chi connectivity index (χ1n) is 7.07. The number of hydrogen-bond donors (Lipinski definition) is 2. The summed E-state index contributed by atoms with van der Waals surface area (Å²) in [6, 6.07) is 5.58. The zero-order valence-corrected chi connectivity index (χ0v) is 13.5. The van der Waals surface area contributed by atoms with E-state index in [-0.39, 0.29) is 18.2 Å². The zero-order valence-electron chi connectivity index (χ0n) is 12.7. The fraction of sp³-hybridized carbons (Fsp3) is 0.312. The van der Waals surface area contributed by atoms with Crippen molar-refractivity contribution in [1.82, 2.24) is 15.6 Å². The Kier molecular flexibility index (Phi) is 5.66. The zero-order chi connectivity index (χ0) is 15.9. The van der Waals surface area contributed by atoms with Gasteiger partial charge in [0.25, 0.3) is 5.91 Å². The van der Waals surface area contributed by atoms with Crippen molar-refractivity contribution >= 4 is 23.2 Å². The van der Waals surface area contributed by atoms with Crippen LogP contribution < -0.4 is 10.6 Å². The van der Waals surface area contributed by atoms with Gasteiger partial charge in [0.15, 0.2) is 0 Å². The molecule has 2 aromatic heterocycles. The summed E-state index contributed by atoms with van der Waals surface area (Å²) in [6.07, 6.45) is 3.64. The van der Waals surface area contributed by atoms with Gasteiger partial charge >= 0.3 is 0 Å². The van der Waals surface area contributed by atoms with Crippen LogP contribution in [0.1, 0.15) is 32.1 Å². The molecule has 2 heterocycles. The van der Waals surface area contributed by atoms with E-state index in [1.165, 1.54) is 0 Å². The Balaban J connectivity index is 1.71. The molecule has 5 nitrogen and oxygen atoms in total. The third-order valence-corrected chi connectivity index (χ3v) is 4.13. The molecule has 0 unspecified atom stereocenters. The Morgan fingerprint density at radius 2 is 1.91 bits per heavy atom. The van der Waals surface area contributed by atoms with Crippen LogP contribution in [0, 0.1) is 13.8 Å². The predicted molar refractivity (Wildman–Crippen MR) is 86.8 cm³/mol. The molecule has 6 heteroatoms. The molecule has 116 valence electrons. The highest BCUT2D eigenvalue weighted by Crippen LogP contribution is 2.20. The fourth-order valence-electron chi connectivity index (χ4n) is 2.03. The van der Waals surface area contributed by atoms with E-state index in [9.17, 15) is 9.59 Å². The minimum Gasteiger partial charge on any atom is -0.352 e. The molecule has 0 spiro atoms. The lowest BCUT2D eigenvalue weighted by molar-refractivity contribution is -0.121. The first-order chi connectivity index (χ1) is 10.6. The number of aryl methyl sites for hydroxylation is 2. The summed E-state index contributed by atoms with van der Waals surface area (Å²) in [6.45, 7) is 4.70. The monoisotopic (exact) mass is 317 g/mol. The summed E-state index contributed by atoms with van der Waals surface area (Å²) < 4.78 is 0. The summed E-state index contributed by atoms with van der Waals surface area (Å²) in [7, 11) is 0. The molecule has 0 aromatic carbocycles. The normalized spacial score (nSPS) is 10.3. The van der Waals surface area contributed by atoms with E-state index in [0.717, 1.165) is 15.3 Å². The molecule has 0 aliphatic carbocycles. The van der Waals surface area contributed by atoms with E-state index in [0.29, 0.717) is 18.7 Å². The maximum atomic E-state index is 12.0. The maximum absolute atomic E-state index is 12.0. The van der Waals surface area contributed by atoms with E-state index >= 15 is 0 Å². The van der Waals surface area contributed by atoms with Gasteiger partial charge in [0, 0.05) is 41.7 Å². The molecule has 0 atom stereocenters. The van der Waals surface area contributed by atoms with Gasteiger partial charge in [0.1, 0.15) is 0 Å². The summed E-state index contributed by atoms with van der Waals surface area (Å²) in [5, 5.41) is 5.59. The van der Waals surface area contributed by atoms with Crippen LogP contribution >= 0.6 is 11.3 Å². The van der Waals surface area contributed by atoms with Gasteiger partial charge in [-0.1, -0.05) is 0 Å². The number of carbonyl (C=O) groups is 2. The Hall–Kier alpha value is -2.21. The summed E-state index contributed by atoms with van der Waals surface area (Å²) >= 11 is 1.60. The SMILES string of the molecule is Cc1cc(C(=O)NCCC(=O)NCc2ccncc2)c(C)s1. The van der Waals surface area contributed by atoms with Gasteiger partial charge in [-0.3, -0.25) is 14.6 Å². The highest BCUT2D eigenvalue weighted by molar-refractivity contribution is 7.12. The molecule has 2 aromatic rings. The number of pyridine rings is 1. The number of nitrogens with zero attached hydrogens (tertiary/aromatic N) is 1. The molecule has 2 N–H and O–H groups in total. The number of rotatable bonds is 6. The van der Waals surface area contributed by atoms with Gasteiger partial charge in [-0.05, 0) is 37.6 Å². The fourth-order valence-corrected chi connectivity index (χ4v) is 2.95. The lowest BCUT2D eigenvalue weighted by Gasteiger charge is -2.06. The van der Waals surface area contributed by atoms with E-state index < -0.39 is 0 Å². The smallest absolute Gasteiger partial charge is 0.252 e. The van der Waals surface area contributed by atoms with Crippen LogP contribution in [0.5, 0.6) is 0 Å². The average Bonchev–Trinajstić information content (AvgIpc) is 2.85. The molecular weight excluding hydrogens is 298 g/mol. The number of thiophene rings is 1. The molecule has 22 heavy (non-hydrogen) atoms. The lowest BCUT2D eigenvalue weighted by atomic mass is 10.2. The van der Waals surface area contributed by atoms with Gasteiger partial charge in [0.05, 0.1) is 5.56 Å². The topological polar surface area (TPSA) is 71.1 Å². The number of amides is 2. The number of carbonyl (C=O) groups excluding carboxylic acids is 2. The summed E-state index contributed by atoms with van der Waals surface area (Å²) in [5.41, 5.74) is 1.69. The first-order valence-corrected chi connectivity index (χ1v) is 7.88. The van der Waals surface area contributed by atoms with Gasteiger partial charge in [-0.2, -0.15) is 0 Å². The van der Waals surface area contributed by atoms with Gasteiger partial charge in [-0.25, -0.2) is 0 Å². The van der Waals surface area contributed by atoms with Crippen molar-refractivity contribution in [3.63, 3.8) is 0 Å². The third-order valence-electron chi connectivity index (χ3n) is 3.16. The first kappa shape index (κ1) is 16.2. The molecule has 0 bridgehead atoms. The van der Waals surface area contributed by atoms with Crippen molar-refractivity contribution in [2.45, 2.75) is 26.8 Å². The van der Waals surface area contributed by atoms with E-state index in [1.54, 1.807) is 23.7 Å². The Morgan fingerprint density at radius 1 is 1.18 bits per heavy atom. The van der Waals surface area contributed by atoms with Crippen LogP contribution in [-0.4, -0.2) is 23.3 Å². The number of nitrogens with one attached hydrogen (secondary N) is 2. The van der Waals surface area contributed by atoms with Crippen LogP contribution in [0.3, 0.4) is 0 Å². The van der Waals surface area contributed by atoms with Crippen LogP contribution in [0.25, 0.3) is 0 Å². The summed E-state index contributed by atoms with van der Waals surface area (Å²) in [5.74, 6) is -0.209. The number of aromatic nitrogens is 1. The minimum atomic E-state index is -0.121. The van der Waals surface area contributed by atoms with Crippen molar-refractivity contribution in [3.8, 4) is 0 Å². The van der Waals surface area contributed by atoms with E-state index in [4.69, 9.17) is 0 Å². The van der Waals surface area contributed by atoms with Crippen LogP contribution in [0.15, 0.2) is 30.6 Å². The van der Waals surface area contributed by atoms with Crippen LogP contribution in [0.4, 0.5) is 0 Å². The Labute approximate surface area is 133 Å². The average molecular weight is 317 g/mol. The molecule has 0 radical (unpaired) electrons. The van der Waals surface area contributed by atoms with Crippen LogP contribution in [0.2, 0.25) is 0 Å². The number of hydrogen-bond acceptors (Lipinski definition) is 4. The van der Waals surface area contributed by atoms with Crippen molar-refractivity contribution in [2.75, 3.05) is 6.54 Å². The van der Waals surface area contributed by atoms with Crippen molar-refractivity contribution in [2.24, 2.45) is 0 Å². The standard InChI is InChI=1S/C16H19N3O2S/c1-11-9-14(12(2)22-11)16(21)18-8-5-15(20)19-10-13-3-6-17-7-4-13/h3-4,6-7,9H,5,8,10H2,1-2H3,(H,18,21)(H,19,20). The predicted octanol–water partition coefficient (Wildman–Crippen LogP) is 2.20. The van der Waals surface area contributed by atoms with Gasteiger partial charge in [-0.15, -0.1) is 11.3 Å². The lowest BCUT2D eigenvalue weighted by Crippen LogP contribution is -2.30. The highest BCUT2D eigenvalue weighted by Gasteiger charge is 2.11. The molecule has 0 aliphatic rings. The van der Waals surface area contributed by atoms with Gasteiger partial charge in [0.2, 0.25) is 5.91 Å². The molecule has 2 amide bonds. The van der Waals surface area contributed by atoms with Crippen LogP contribution in [-0.2, 0) is 11.3 Å². The quantitative estimate of drug-likeness (QED) is 0.858. The molecule has 0 saturated carbocycles. The second-order valence-corrected chi connectivity index (χ2v) is 6.43. The molecule has 0 saturated heterocycles. The van der Waals surface area contributed by atoms with Crippen molar-refractivity contribution in [3.05, 3.63) is 51.5 Å². The second kappa shape index (κ2) is 7.70. The molecule has 0 aliphatic heterocycles. The Bertz CT molecular complexity index is 653. The van der Waals surface area contributed by atoms with E-state index in [1.807, 2.05) is 32.0 Å². The summed E-state index contributed by atoms with van der Waals surface area (Å²) in [4.78, 5) is 29.8.